The molecule has 7 aromatic heterocycles. The number of nitrogens with one attached hydrogen (secondary N) is 4. The topological polar surface area (TPSA) is 325 Å². The van der Waals surface area contributed by atoms with Gasteiger partial charge in [0.15, 0.2) is 0 Å². The summed E-state index contributed by atoms with van der Waals surface area (Å²) in [6, 6.07) is 22.9. The number of anilines is 3. The standard InChI is InChI=1S/C23H24N8O.C20H23N7O.C18H21N7O/c32-22-9-17(18-11-27-28-12-18)4-5-20(22)21-14-26-23(30-29-21)31-8-6-16(15-31)10-24-13-19-3-1-2-7-25-19;28-19-8-13(15-9-23-24-10-15)3-4-16(19)18-11-22-20(26-25-18)27-7-5-14(12-27)17-2-1-6-21-17;1-18(19)5-6-25(11-18)17-20-9-15(22-23-17)14-4-3-12(7-16(14)26)13-8-21-24(2)10-13/h1-5,7,9,11-12,14,16,24,32H,6,8,10,13,15H2,(H,27,28);3-4,8-11,14,17,21,28H,1-2,5-7,12H2,(H,23,24);3-4,7-10,26H,5-6,11,19H2,1-2H3. The highest BCUT2D eigenvalue weighted by atomic mass is 16.3. The van der Waals surface area contributed by atoms with Crippen molar-refractivity contribution in [2.45, 2.75) is 57.2 Å². The van der Waals surface area contributed by atoms with Crippen molar-refractivity contribution in [1.29, 1.82) is 0 Å². The van der Waals surface area contributed by atoms with Crippen LogP contribution in [0.1, 0.15) is 44.7 Å². The highest BCUT2D eigenvalue weighted by Gasteiger charge is 2.33. The van der Waals surface area contributed by atoms with E-state index in [1.54, 1.807) is 72.5 Å². The minimum Gasteiger partial charge on any atom is -0.507 e. The number of benzene rings is 3. The molecule has 0 radical (unpaired) electrons. The minimum absolute atomic E-state index is 0.130. The summed E-state index contributed by atoms with van der Waals surface area (Å²) in [5.74, 6) is 3.45. The lowest BCUT2D eigenvalue weighted by atomic mass is 9.98. The van der Waals surface area contributed by atoms with Crippen molar-refractivity contribution in [3.63, 3.8) is 0 Å². The third-order valence-electron chi connectivity index (χ3n) is 16.2. The average molecular weight is 1160 g/mol. The predicted octanol–water partition coefficient (Wildman–Crippen LogP) is 6.43. The molecule has 86 heavy (non-hydrogen) atoms. The summed E-state index contributed by atoms with van der Waals surface area (Å²) >= 11 is 0. The number of aromatic amines is 2. The van der Waals surface area contributed by atoms with Gasteiger partial charge in [0.25, 0.3) is 0 Å². The van der Waals surface area contributed by atoms with Crippen LogP contribution in [-0.4, -0.2) is 160 Å². The summed E-state index contributed by atoms with van der Waals surface area (Å²) in [6.45, 7) is 10.1. The first kappa shape index (κ1) is 56.6. The van der Waals surface area contributed by atoms with Crippen LogP contribution in [0.2, 0.25) is 0 Å². The molecule has 3 aromatic carbocycles. The number of hydrogen-bond donors (Lipinski definition) is 8. The van der Waals surface area contributed by atoms with E-state index < -0.39 is 0 Å². The van der Waals surface area contributed by atoms with Gasteiger partial charge in [0, 0.05) is 129 Å². The van der Waals surface area contributed by atoms with Gasteiger partial charge < -0.3 is 46.4 Å². The number of aromatic nitrogens is 16. The van der Waals surface area contributed by atoms with Crippen molar-refractivity contribution in [3.8, 4) is 84.4 Å². The van der Waals surface area contributed by atoms with Crippen LogP contribution in [0.15, 0.2) is 135 Å². The molecule has 0 bridgehead atoms. The Hall–Kier alpha value is -9.85. The predicted molar refractivity (Wildman–Crippen MR) is 325 cm³/mol. The molecule has 10 aromatic rings. The Bertz CT molecular complexity index is 3810. The van der Waals surface area contributed by atoms with Crippen LogP contribution in [0, 0.1) is 11.8 Å². The Morgan fingerprint density at radius 2 is 1.17 bits per heavy atom. The van der Waals surface area contributed by atoms with Gasteiger partial charge in [-0.3, -0.25) is 19.9 Å². The van der Waals surface area contributed by atoms with E-state index in [0.29, 0.717) is 76.0 Å². The summed E-state index contributed by atoms with van der Waals surface area (Å²) in [6.07, 6.45) is 23.1. The van der Waals surface area contributed by atoms with Gasteiger partial charge in [-0.25, -0.2) is 15.0 Å². The Morgan fingerprint density at radius 3 is 1.64 bits per heavy atom. The van der Waals surface area contributed by atoms with Crippen LogP contribution in [0.4, 0.5) is 17.8 Å². The lowest BCUT2D eigenvalue weighted by molar-refractivity contribution is 0.422. The van der Waals surface area contributed by atoms with Crippen molar-refractivity contribution >= 4 is 17.8 Å². The number of nitrogens with two attached hydrogens (primary N) is 1. The van der Waals surface area contributed by atoms with Gasteiger partial charge in [0.1, 0.15) is 34.3 Å². The van der Waals surface area contributed by atoms with E-state index in [1.807, 2.05) is 85.9 Å². The first-order valence-electron chi connectivity index (χ1n) is 28.9. The number of aryl methyl sites for hydroxylation is 1. The second kappa shape index (κ2) is 25.6. The average Bonchev–Trinajstić information content (AvgIpc) is 4.59. The molecule has 4 atom stereocenters. The molecule has 25 heteroatoms. The van der Waals surface area contributed by atoms with Crippen LogP contribution >= 0.6 is 0 Å². The minimum atomic E-state index is -0.220. The monoisotopic (exact) mass is 1160 g/mol. The quantitative estimate of drug-likeness (QED) is 0.0581. The van der Waals surface area contributed by atoms with Gasteiger partial charge in [-0.15, -0.1) is 30.6 Å². The lowest BCUT2D eigenvalue weighted by Gasteiger charge is -2.19. The van der Waals surface area contributed by atoms with Crippen LogP contribution in [-0.2, 0) is 13.6 Å². The fraction of sp³-hybridized carbons (Fsp3) is 0.328. The molecule has 0 amide bonds. The molecule has 4 unspecified atom stereocenters. The third-order valence-corrected chi connectivity index (χ3v) is 16.2. The highest BCUT2D eigenvalue weighted by molar-refractivity contribution is 5.76. The van der Waals surface area contributed by atoms with E-state index in [-0.39, 0.29) is 22.8 Å². The van der Waals surface area contributed by atoms with Crippen LogP contribution in [0.3, 0.4) is 0 Å². The molecule has 25 nitrogen and oxygen atoms in total. The van der Waals surface area contributed by atoms with Gasteiger partial charge >= 0.3 is 0 Å². The number of rotatable bonds is 14. The summed E-state index contributed by atoms with van der Waals surface area (Å²) < 4.78 is 1.72. The Labute approximate surface area is 496 Å². The number of hydrogen-bond acceptors (Lipinski definition) is 22. The van der Waals surface area contributed by atoms with Crippen LogP contribution in [0.25, 0.3) is 67.2 Å². The Kier molecular flexibility index (Phi) is 16.8. The van der Waals surface area contributed by atoms with Crippen molar-refractivity contribution < 1.29 is 15.3 Å². The number of phenols is 3. The first-order valence-corrected chi connectivity index (χ1v) is 28.9. The number of pyridine rings is 1. The van der Waals surface area contributed by atoms with Crippen LogP contribution in [0.5, 0.6) is 17.2 Å². The maximum Gasteiger partial charge on any atom is 0.245 e. The lowest BCUT2D eigenvalue weighted by Crippen LogP contribution is -2.39. The molecule has 14 rings (SSSR count). The molecule has 4 saturated heterocycles. The molecule has 4 aliphatic heterocycles. The van der Waals surface area contributed by atoms with Crippen molar-refractivity contribution in [2.75, 3.05) is 67.1 Å². The molecule has 4 fully saturated rings. The Morgan fingerprint density at radius 1 is 0.605 bits per heavy atom. The maximum atomic E-state index is 10.5. The molecule has 4 aliphatic rings. The van der Waals surface area contributed by atoms with E-state index in [1.165, 1.54) is 19.3 Å². The largest absolute Gasteiger partial charge is 0.507 e. The van der Waals surface area contributed by atoms with Gasteiger partial charge in [-0.05, 0) is 123 Å². The summed E-state index contributed by atoms with van der Waals surface area (Å²) in [7, 11) is 1.86. The summed E-state index contributed by atoms with van der Waals surface area (Å²) in [5.41, 5.74) is 15.8. The number of nitrogens with zero attached hydrogens (tertiary/aromatic N) is 17. The van der Waals surface area contributed by atoms with Gasteiger partial charge in [0.05, 0.1) is 42.9 Å². The molecule has 0 spiro atoms. The molecular weight excluding hydrogens is 1090 g/mol. The zero-order valence-corrected chi connectivity index (χ0v) is 47.9. The maximum absolute atomic E-state index is 10.5. The van der Waals surface area contributed by atoms with Crippen molar-refractivity contribution in [3.05, 3.63) is 140 Å². The number of phenolic OH excluding ortho intramolecular Hbond substituents is 3. The van der Waals surface area contributed by atoms with E-state index in [0.717, 1.165) is 104 Å². The Balaban J connectivity index is 0.000000127. The fourth-order valence-corrected chi connectivity index (χ4v) is 11.4. The SMILES string of the molecule is Cn1cc(-c2ccc(-c3cnc(N4CCC(C)(N)C4)nn3)c(O)c2)cn1.Oc1cc(-c2cn[nH]c2)ccc1-c1cnc(N2CCC(C3CCCN3)C2)nn1.Oc1cc(-c2cn[nH]c2)ccc1-c1cnc(N2CCC(CNCc3ccccn3)C2)nn1. The van der Waals surface area contributed by atoms with Gasteiger partial charge in [-0.2, -0.15) is 15.3 Å². The smallest absolute Gasteiger partial charge is 0.245 e. The van der Waals surface area contributed by atoms with Gasteiger partial charge in [0.2, 0.25) is 17.8 Å². The summed E-state index contributed by atoms with van der Waals surface area (Å²) in [5, 5.41) is 81.7. The second-order valence-corrected chi connectivity index (χ2v) is 22.6. The molecule has 0 saturated carbocycles. The molecule has 440 valence electrons. The molecular formula is C61H68N22O3. The van der Waals surface area contributed by atoms with E-state index in [4.69, 9.17) is 5.73 Å². The highest BCUT2D eigenvalue weighted by Crippen LogP contribution is 2.36. The van der Waals surface area contributed by atoms with E-state index in [2.05, 4.69) is 96.5 Å². The normalized spacial score (nSPS) is 19.1. The first-order chi connectivity index (χ1) is 41.9. The molecule has 11 heterocycles. The van der Waals surface area contributed by atoms with Crippen molar-refractivity contribution in [2.24, 2.45) is 24.6 Å². The second-order valence-electron chi connectivity index (χ2n) is 22.6. The molecule has 0 aliphatic carbocycles. The fourth-order valence-electron chi connectivity index (χ4n) is 11.4. The zero-order chi connectivity index (χ0) is 59.0. The number of aromatic hydroxyl groups is 3. The summed E-state index contributed by atoms with van der Waals surface area (Å²) in [4.78, 5) is 24.2. The van der Waals surface area contributed by atoms with Crippen molar-refractivity contribution in [1.82, 2.24) is 91.3 Å². The van der Waals surface area contributed by atoms with Gasteiger partial charge in [-0.1, -0.05) is 24.3 Å². The molecule has 9 N–H and O–H groups in total. The van der Waals surface area contributed by atoms with E-state index in [9.17, 15) is 15.3 Å². The van der Waals surface area contributed by atoms with E-state index >= 15 is 0 Å². The zero-order valence-electron chi connectivity index (χ0n) is 47.9. The number of H-pyrrole nitrogens is 2. The third kappa shape index (κ3) is 13.4. The van der Waals surface area contributed by atoms with Crippen LogP contribution < -0.4 is 31.1 Å².